The number of rotatable bonds is 7. The van der Waals surface area contributed by atoms with Crippen LogP contribution in [0, 0.1) is 0 Å². The van der Waals surface area contributed by atoms with Gasteiger partial charge in [-0.1, -0.05) is 6.07 Å². The third-order valence-electron chi connectivity index (χ3n) is 3.33. The fourth-order valence-electron chi connectivity index (χ4n) is 2.00. The Balaban J connectivity index is 1.98. The van der Waals surface area contributed by atoms with Gasteiger partial charge in [0.25, 0.3) is 5.91 Å². The van der Waals surface area contributed by atoms with Crippen molar-refractivity contribution in [1.29, 1.82) is 0 Å². The molecule has 0 aliphatic carbocycles. The van der Waals surface area contributed by atoms with Crippen LogP contribution in [0.5, 0.6) is 0 Å². The van der Waals surface area contributed by atoms with Gasteiger partial charge in [-0.3, -0.25) is 14.4 Å². The van der Waals surface area contributed by atoms with E-state index < -0.39 is 29.9 Å². The molecule has 7 nitrogen and oxygen atoms in total. The molecular weight excluding hydrogens is 332 g/mol. The Labute approximate surface area is 143 Å². The minimum absolute atomic E-state index is 0.0190. The first-order chi connectivity index (χ1) is 11.5. The number of ether oxygens (including phenoxy) is 1. The number of esters is 1. The molecule has 8 heteroatoms. The lowest BCUT2D eigenvalue weighted by Crippen LogP contribution is -2.46. The fraction of sp³-hybridized carbons (Fsp3) is 0.312. The van der Waals surface area contributed by atoms with Gasteiger partial charge in [-0.25, -0.2) is 0 Å². The van der Waals surface area contributed by atoms with Gasteiger partial charge < -0.3 is 19.8 Å². The molecule has 0 bridgehead atoms. The summed E-state index contributed by atoms with van der Waals surface area (Å²) in [4.78, 5) is 36.7. The van der Waals surface area contributed by atoms with Crippen molar-refractivity contribution >= 4 is 29.1 Å². The lowest BCUT2D eigenvalue weighted by molar-refractivity contribution is -0.141. The van der Waals surface area contributed by atoms with Gasteiger partial charge in [-0.05, 0) is 24.4 Å². The molecule has 2 rings (SSSR count). The van der Waals surface area contributed by atoms with E-state index in [4.69, 9.17) is 4.42 Å². The normalized spacial score (nSPS) is 12.9. The van der Waals surface area contributed by atoms with E-state index >= 15 is 0 Å². The molecule has 2 atom stereocenters. The zero-order chi connectivity index (χ0) is 17.5. The minimum atomic E-state index is -0.771. The second-order valence-electron chi connectivity index (χ2n) is 5.06. The maximum absolute atomic E-state index is 12.3. The van der Waals surface area contributed by atoms with Crippen LogP contribution in [-0.2, 0) is 14.3 Å². The van der Waals surface area contributed by atoms with Crippen molar-refractivity contribution in [3.63, 3.8) is 0 Å². The van der Waals surface area contributed by atoms with E-state index in [-0.39, 0.29) is 6.42 Å². The van der Waals surface area contributed by atoms with E-state index in [1.807, 2.05) is 17.5 Å². The molecule has 0 saturated carbocycles. The highest BCUT2D eigenvalue weighted by Gasteiger charge is 2.24. The highest BCUT2D eigenvalue weighted by Crippen LogP contribution is 2.22. The predicted octanol–water partition coefficient (Wildman–Crippen LogP) is 1.88. The van der Waals surface area contributed by atoms with Crippen molar-refractivity contribution in [1.82, 2.24) is 10.6 Å². The summed E-state index contributed by atoms with van der Waals surface area (Å²) < 4.78 is 9.50. The summed E-state index contributed by atoms with van der Waals surface area (Å²) in [5, 5.41) is 7.20. The van der Waals surface area contributed by atoms with E-state index in [1.165, 1.54) is 37.0 Å². The third-order valence-corrected chi connectivity index (χ3v) is 4.31. The molecule has 2 amide bonds. The SMILES string of the molecule is COC(=O)C[C@H](NC(=O)[C@H](C)NC(=O)c1ccoc1)c1cccs1. The molecule has 0 fully saturated rings. The van der Waals surface area contributed by atoms with Gasteiger partial charge in [-0.2, -0.15) is 0 Å². The Bertz CT molecular complexity index is 681. The Hall–Kier alpha value is -2.61. The Morgan fingerprint density at radius 1 is 1.29 bits per heavy atom. The molecule has 24 heavy (non-hydrogen) atoms. The monoisotopic (exact) mass is 350 g/mol. The van der Waals surface area contributed by atoms with Gasteiger partial charge in [0.2, 0.25) is 5.91 Å². The van der Waals surface area contributed by atoms with Crippen LogP contribution < -0.4 is 10.6 Å². The quantitative estimate of drug-likeness (QED) is 0.743. The largest absolute Gasteiger partial charge is 0.472 e. The summed E-state index contributed by atoms with van der Waals surface area (Å²) in [6, 6.07) is 3.89. The van der Waals surface area contributed by atoms with Crippen LogP contribution in [0.3, 0.4) is 0 Å². The number of amides is 2. The predicted molar refractivity (Wildman–Crippen MR) is 87.5 cm³/mol. The molecule has 2 aromatic rings. The molecule has 0 aromatic carbocycles. The van der Waals surface area contributed by atoms with Crippen LogP contribution in [0.2, 0.25) is 0 Å². The molecule has 0 saturated heterocycles. The fourth-order valence-corrected chi connectivity index (χ4v) is 2.78. The van der Waals surface area contributed by atoms with Crippen molar-refractivity contribution in [3.05, 3.63) is 46.5 Å². The lowest BCUT2D eigenvalue weighted by Gasteiger charge is -2.20. The van der Waals surface area contributed by atoms with Crippen molar-refractivity contribution in [2.24, 2.45) is 0 Å². The van der Waals surface area contributed by atoms with Gasteiger partial charge in [0.1, 0.15) is 12.3 Å². The van der Waals surface area contributed by atoms with Gasteiger partial charge in [0, 0.05) is 4.88 Å². The summed E-state index contributed by atoms with van der Waals surface area (Å²) in [5.74, 6) is -1.23. The molecule has 0 unspecified atom stereocenters. The lowest BCUT2D eigenvalue weighted by atomic mass is 10.1. The van der Waals surface area contributed by atoms with E-state index in [9.17, 15) is 14.4 Å². The van der Waals surface area contributed by atoms with E-state index in [2.05, 4.69) is 15.4 Å². The minimum Gasteiger partial charge on any atom is -0.472 e. The third kappa shape index (κ3) is 4.69. The van der Waals surface area contributed by atoms with E-state index in [0.717, 1.165) is 4.88 Å². The van der Waals surface area contributed by atoms with Crippen molar-refractivity contribution in [2.75, 3.05) is 7.11 Å². The van der Waals surface area contributed by atoms with Gasteiger partial charge >= 0.3 is 5.97 Å². The molecule has 0 aliphatic heterocycles. The molecule has 2 N–H and O–H groups in total. The van der Waals surface area contributed by atoms with Crippen molar-refractivity contribution in [3.8, 4) is 0 Å². The van der Waals surface area contributed by atoms with Crippen molar-refractivity contribution < 1.29 is 23.5 Å². The van der Waals surface area contributed by atoms with Crippen LogP contribution >= 0.6 is 11.3 Å². The molecule has 0 spiro atoms. The van der Waals surface area contributed by atoms with Crippen LogP contribution in [0.1, 0.15) is 34.6 Å². The number of methoxy groups -OCH3 is 1. The topological polar surface area (TPSA) is 97.6 Å². The molecule has 2 heterocycles. The highest BCUT2D eigenvalue weighted by atomic mass is 32.1. The Kier molecular flexibility index (Phi) is 6.14. The average molecular weight is 350 g/mol. The van der Waals surface area contributed by atoms with E-state index in [0.29, 0.717) is 5.56 Å². The molecule has 2 aromatic heterocycles. The zero-order valence-corrected chi connectivity index (χ0v) is 14.1. The Morgan fingerprint density at radius 2 is 2.08 bits per heavy atom. The van der Waals surface area contributed by atoms with Gasteiger partial charge in [0.05, 0.1) is 31.4 Å². The second kappa shape index (κ2) is 8.30. The van der Waals surface area contributed by atoms with Crippen LogP contribution in [-0.4, -0.2) is 30.9 Å². The van der Waals surface area contributed by atoms with E-state index in [1.54, 1.807) is 6.92 Å². The zero-order valence-electron chi connectivity index (χ0n) is 13.3. The first-order valence-electron chi connectivity index (χ1n) is 7.25. The second-order valence-corrected chi connectivity index (χ2v) is 6.04. The highest BCUT2D eigenvalue weighted by molar-refractivity contribution is 7.10. The number of hydrogen-bond acceptors (Lipinski definition) is 6. The molecule has 0 radical (unpaired) electrons. The summed E-state index contributed by atoms with van der Waals surface area (Å²) in [6.07, 6.45) is 2.69. The van der Waals surface area contributed by atoms with Gasteiger partial charge in [-0.15, -0.1) is 11.3 Å². The number of thiophene rings is 1. The first kappa shape index (κ1) is 17.7. The summed E-state index contributed by atoms with van der Waals surface area (Å²) in [7, 11) is 1.30. The first-order valence-corrected chi connectivity index (χ1v) is 8.13. The van der Waals surface area contributed by atoms with Crippen LogP contribution in [0.4, 0.5) is 0 Å². The smallest absolute Gasteiger partial charge is 0.307 e. The number of carbonyl (C=O) groups excluding carboxylic acids is 3. The molecular formula is C16H18N2O5S. The summed E-state index contributed by atoms with van der Waals surface area (Å²) in [5.41, 5.74) is 0.332. The maximum atomic E-state index is 12.3. The summed E-state index contributed by atoms with van der Waals surface area (Å²) >= 11 is 1.43. The van der Waals surface area contributed by atoms with Crippen molar-refractivity contribution in [2.45, 2.75) is 25.4 Å². The summed E-state index contributed by atoms with van der Waals surface area (Å²) in [6.45, 7) is 1.57. The number of hydrogen-bond donors (Lipinski definition) is 2. The molecule has 128 valence electrons. The van der Waals surface area contributed by atoms with Gasteiger partial charge in [0.15, 0.2) is 0 Å². The number of nitrogens with one attached hydrogen (secondary N) is 2. The average Bonchev–Trinajstić information content (AvgIpc) is 3.26. The standard InChI is InChI=1S/C16H18N2O5S/c1-10(17-16(21)11-5-6-23-9-11)15(20)18-12(8-14(19)22-2)13-4-3-7-24-13/h3-7,9-10,12H,8H2,1-2H3,(H,17,21)(H,18,20)/t10-,12-/m0/s1. The number of carbonyl (C=O) groups is 3. The van der Waals surface area contributed by atoms with Crippen LogP contribution in [0.15, 0.2) is 40.5 Å². The molecule has 0 aliphatic rings. The maximum Gasteiger partial charge on any atom is 0.307 e. The Morgan fingerprint density at radius 3 is 2.67 bits per heavy atom. The number of furan rings is 1. The van der Waals surface area contributed by atoms with Crippen LogP contribution in [0.25, 0.3) is 0 Å².